The summed E-state index contributed by atoms with van der Waals surface area (Å²) in [7, 11) is -3.19. The van der Waals surface area contributed by atoms with Gasteiger partial charge in [0.2, 0.25) is 0 Å². The lowest BCUT2D eigenvalue weighted by atomic mass is 9.98. The van der Waals surface area contributed by atoms with E-state index in [1.807, 2.05) is 0 Å². The van der Waals surface area contributed by atoms with Crippen LogP contribution in [0.4, 0.5) is 0 Å². The zero-order valence-electron chi connectivity index (χ0n) is 6.31. The molecule has 68 valence electrons. The van der Waals surface area contributed by atoms with Gasteiger partial charge in [-0.2, -0.15) is 8.42 Å². The van der Waals surface area contributed by atoms with Crippen molar-refractivity contribution >= 4 is 32.7 Å². The zero-order chi connectivity index (χ0) is 8.51. The largest absolute Gasteiger partial charge is 0.271 e. The normalized spacial score (nSPS) is 59.6. The van der Waals surface area contributed by atoms with Gasteiger partial charge in [0.15, 0.2) is 0 Å². The minimum absolute atomic E-state index is 0.0380. The molecule has 2 bridgehead atoms. The fourth-order valence-electron chi connectivity index (χ4n) is 2.90. The molecule has 3 nitrogen and oxygen atoms in total. The van der Waals surface area contributed by atoms with E-state index in [0.29, 0.717) is 15.8 Å². The summed E-state index contributed by atoms with van der Waals surface area (Å²) in [4.78, 5) is 0. The first-order valence-corrected chi connectivity index (χ1v) is 6.87. The smallest absolute Gasteiger partial charge is 0.266 e. The van der Waals surface area contributed by atoms with E-state index in [9.17, 15) is 8.42 Å². The molecular weight excluding hydrogens is 291 g/mol. The maximum Gasteiger partial charge on any atom is 0.271 e. The summed E-state index contributed by atoms with van der Waals surface area (Å²) in [5, 5.41) is -0.179. The van der Waals surface area contributed by atoms with Gasteiger partial charge in [-0.25, -0.2) is 0 Å². The van der Waals surface area contributed by atoms with Gasteiger partial charge in [0.1, 0.15) is 5.25 Å². The Labute approximate surface area is 85.1 Å². The van der Waals surface area contributed by atoms with Crippen LogP contribution in [0.3, 0.4) is 0 Å². The van der Waals surface area contributed by atoms with Crippen molar-refractivity contribution in [1.29, 1.82) is 0 Å². The fourth-order valence-corrected chi connectivity index (χ4v) is 7.05. The second-order valence-corrected chi connectivity index (χ2v) is 7.09. The van der Waals surface area contributed by atoms with Crippen molar-refractivity contribution in [2.75, 3.05) is 0 Å². The van der Waals surface area contributed by atoms with Crippen LogP contribution in [0, 0.1) is 11.8 Å². The molecule has 5 atom stereocenters. The van der Waals surface area contributed by atoms with E-state index in [2.05, 4.69) is 22.6 Å². The van der Waals surface area contributed by atoms with Gasteiger partial charge < -0.3 is 0 Å². The molecular formula is C7H9IO3S. The average molecular weight is 300 g/mol. The Bertz CT molecular complexity index is 324. The first-order chi connectivity index (χ1) is 5.59. The number of rotatable bonds is 0. The molecule has 3 fully saturated rings. The van der Waals surface area contributed by atoms with Gasteiger partial charge in [-0.3, -0.25) is 4.18 Å². The number of hydrogen-bond donors (Lipinski definition) is 0. The Morgan fingerprint density at radius 2 is 2.08 bits per heavy atom. The third-order valence-corrected chi connectivity index (χ3v) is 7.47. The molecule has 1 heterocycles. The molecule has 2 saturated carbocycles. The van der Waals surface area contributed by atoms with Crippen molar-refractivity contribution in [2.45, 2.75) is 28.1 Å². The SMILES string of the molecule is O=S1(=O)OC2CC3CC2C1C3I. The number of alkyl halides is 1. The molecule has 1 aliphatic heterocycles. The average Bonchev–Trinajstić information content (AvgIpc) is 2.45. The van der Waals surface area contributed by atoms with E-state index in [-0.39, 0.29) is 11.4 Å². The van der Waals surface area contributed by atoms with Crippen LogP contribution in [-0.4, -0.2) is 23.7 Å². The monoisotopic (exact) mass is 300 g/mol. The molecule has 5 heteroatoms. The van der Waals surface area contributed by atoms with Gasteiger partial charge in [0, 0.05) is 9.84 Å². The van der Waals surface area contributed by atoms with Crippen LogP contribution in [0.5, 0.6) is 0 Å². The minimum atomic E-state index is -3.19. The van der Waals surface area contributed by atoms with Crippen molar-refractivity contribution in [3.63, 3.8) is 0 Å². The van der Waals surface area contributed by atoms with Gasteiger partial charge in [0.25, 0.3) is 10.1 Å². The lowest BCUT2D eigenvalue weighted by Gasteiger charge is -2.18. The maximum absolute atomic E-state index is 11.5. The predicted molar refractivity (Wildman–Crippen MR) is 51.6 cm³/mol. The van der Waals surface area contributed by atoms with Crippen molar-refractivity contribution in [3.8, 4) is 0 Å². The molecule has 0 amide bonds. The fraction of sp³-hybridized carbons (Fsp3) is 1.00. The third kappa shape index (κ3) is 0.778. The van der Waals surface area contributed by atoms with Crippen molar-refractivity contribution in [1.82, 2.24) is 0 Å². The van der Waals surface area contributed by atoms with E-state index < -0.39 is 10.1 Å². The Morgan fingerprint density at radius 3 is 2.67 bits per heavy atom. The molecule has 0 aromatic heterocycles. The maximum atomic E-state index is 11.5. The first kappa shape index (κ1) is 7.99. The van der Waals surface area contributed by atoms with Crippen LogP contribution < -0.4 is 0 Å². The van der Waals surface area contributed by atoms with Crippen LogP contribution in [0.25, 0.3) is 0 Å². The number of halogens is 1. The summed E-state index contributed by atoms with van der Waals surface area (Å²) in [6, 6.07) is 0. The predicted octanol–water partition coefficient (Wildman–Crippen LogP) is 0.927. The lowest BCUT2D eigenvalue weighted by molar-refractivity contribution is 0.198. The molecule has 0 radical (unpaired) electrons. The van der Waals surface area contributed by atoms with Crippen LogP contribution in [0.2, 0.25) is 0 Å². The lowest BCUT2D eigenvalue weighted by Crippen LogP contribution is -2.31. The molecule has 0 N–H and O–H groups in total. The Hall–Kier alpha value is 0.640. The van der Waals surface area contributed by atoms with Crippen molar-refractivity contribution < 1.29 is 12.6 Å². The molecule has 0 aromatic rings. The summed E-state index contributed by atoms with van der Waals surface area (Å²) in [5.41, 5.74) is 0. The summed E-state index contributed by atoms with van der Waals surface area (Å²) >= 11 is 2.28. The van der Waals surface area contributed by atoms with Crippen molar-refractivity contribution in [2.24, 2.45) is 11.8 Å². The van der Waals surface area contributed by atoms with E-state index >= 15 is 0 Å². The Kier molecular flexibility index (Phi) is 1.45. The second-order valence-electron chi connectivity index (χ2n) is 3.93. The third-order valence-electron chi connectivity index (χ3n) is 3.36. The number of fused-ring (bicyclic) bond motifs is 1. The van der Waals surface area contributed by atoms with Crippen LogP contribution >= 0.6 is 22.6 Å². The molecule has 2 aliphatic carbocycles. The summed E-state index contributed by atoms with van der Waals surface area (Å²) in [5.74, 6) is 0.921. The topological polar surface area (TPSA) is 43.4 Å². The Balaban J connectivity index is 2.14. The highest BCUT2D eigenvalue weighted by Gasteiger charge is 2.63. The highest BCUT2D eigenvalue weighted by Crippen LogP contribution is 2.56. The van der Waals surface area contributed by atoms with E-state index in [0.717, 1.165) is 12.8 Å². The summed E-state index contributed by atoms with van der Waals surface area (Å²) in [6.45, 7) is 0. The standard InChI is InChI=1S/C7H9IO3S/c8-6-3-1-4-5(2-3)11-12(9,10)7(4)6/h3-7H,1-2H2. The summed E-state index contributed by atoms with van der Waals surface area (Å²) < 4.78 is 28.3. The van der Waals surface area contributed by atoms with Crippen LogP contribution in [0.15, 0.2) is 0 Å². The van der Waals surface area contributed by atoms with E-state index in [1.165, 1.54) is 0 Å². The van der Waals surface area contributed by atoms with E-state index in [1.54, 1.807) is 0 Å². The molecule has 5 unspecified atom stereocenters. The Morgan fingerprint density at radius 1 is 1.33 bits per heavy atom. The molecule has 0 spiro atoms. The molecule has 12 heavy (non-hydrogen) atoms. The van der Waals surface area contributed by atoms with E-state index in [4.69, 9.17) is 4.18 Å². The first-order valence-electron chi connectivity index (χ1n) is 4.16. The van der Waals surface area contributed by atoms with Gasteiger partial charge >= 0.3 is 0 Å². The second kappa shape index (κ2) is 2.17. The van der Waals surface area contributed by atoms with Crippen molar-refractivity contribution in [3.05, 3.63) is 0 Å². The molecule has 1 saturated heterocycles. The quantitative estimate of drug-likeness (QED) is 0.380. The molecule has 3 aliphatic rings. The highest BCUT2D eigenvalue weighted by molar-refractivity contribution is 14.1. The van der Waals surface area contributed by atoms with Gasteiger partial charge in [-0.1, -0.05) is 22.6 Å². The van der Waals surface area contributed by atoms with Crippen LogP contribution in [0.1, 0.15) is 12.8 Å². The molecule has 3 rings (SSSR count). The molecule has 0 aromatic carbocycles. The number of hydrogen-bond acceptors (Lipinski definition) is 3. The highest BCUT2D eigenvalue weighted by atomic mass is 127. The van der Waals surface area contributed by atoms with Gasteiger partial charge in [-0.05, 0) is 18.8 Å². The minimum Gasteiger partial charge on any atom is -0.266 e. The van der Waals surface area contributed by atoms with Gasteiger partial charge in [0.05, 0.1) is 6.10 Å². The zero-order valence-corrected chi connectivity index (χ0v) is 9.29. The van der Waals surface area contributed by atoms with Crippen LogP contribution in [-0.2, 0) is 14.3 Å². The summed E-state index contributed by atoms with van der Waals surface area (Å²) in [6.07, 6.45) is 2.08. The van der Waals surface area contributed by atoms with Gasteiger partial charge in [-0.15, -0.1) is 0 Å².